The van der Waals surface area contributed by atoms with Crippen LogP contribution in [0.5, 0.6) is 0 Å². The van der Waals surface area contributed by atoms with E-state index >= 15 is 0 Å². The Balaban J connectivity index is 1.95. The van der Waals surface area contributed by atoms with Crippen molar-refractivity contribution in [1.29, 1.82) is 0 Å². The number of hydrogen-bond donors (Lipinski definition) is 1. The van der Waals surface area contributed by atoms with E-state index in [-0.39, 0.29) is 5.97 Å². The quantitative estimate of drug-likeness (QED) is 0.641. The molecule has 1 aliphatic rings. The summed E-state index contributed by atoms with van der Waals surface area (Å²) >= 11 is 0. The van der Waals surface area contributed by atoms with E-state index < -0.39 is 5.41 Å². The fourth-order valence-electron chi connectivity index (χ4n) is 3.39. The summed E-state index contributed by atoms with van der Waals surface area (Å²) < 4.78 is 5.39. The molecule has 1 saturated heterocycles. The average Bonchev–Trinajstić information content (AvgIpc) is 2.71. The number of carbonyl (C=O) groups is 1. The van der Waals surface area contributed by atoms with Crippen LogP contribution in [-0.2, 0) is 9.53 Å². The van der Waals surface area contributed by atoms with Crippen molar-refractivity contribution in [3.05, 3.63) is 71.8 Å². The molecule has 136 valence electrons. The predicted molar refractivity (Wildman–Crippen MR) is 105 cm³/mol. The smallest absolute Gasteiger partial charge is 0.314 e. The van der Waals surface area contributed by atoms with Gasteiger partial charge in [-0.25, -0.2) is 0 Å². The van der Waals surface area contributed by atoms with E-state index in [2.05, 4.69) is 29.6 Å². The van der Waals surface area contributed by atoms with Crippen LogP contribution in [0.3, 0.4) is 0 Å². The normalized spacial score (nSPS) is 15.9. The number of aliphatic imine (C=N–C) groups is 1. The average molecular weight is 350 g/mol. The summed E-state index contributed by atoms with van der Waals surface area (Å²) in [4.78, 5) is 17.6. The maximum atomic E-state index is 12.7. The highest BCUT2D eigenvalue weighted by molar-refractivity contribution is 6.12. The zero-order valence-electron chi connectivity index (χ0n) is 15.3. The summed E-state index contributed by atoms with van der Waals surface area (Å²) in [7, 11) is 0. The van der Waals surface area contributed by atoms with Gasteiger partial charge in [0.2, 0.25) is 0 Å². The molecular formula is C22H26N2O2. The van der Waals surface area contributed by atoms with Crippen LogP contribution in [0.2, 0.25) is 0 Å². The van der Waals surface area contributed by atoms with Crippen LogP contribution in [0.25, 0.3) is 0 Å². The van der Waals surface area contributed by atoms with Crippen LogP contribution in [-0.4, -0.2) is 37.9 Å². The third-order valence-electron chi connectivity index (χ3n) is 4.90. The summed E-state index contributed by atoms with van der Waals surface area (Å²) in [6.07, 6.45) is 1.51. The van der Waals surface area contributed by atoms with E-state index in [4.69, 9.17) is 9.73 Å². The molecule has 0 spiro atoms. The summed E-state index contributed by atoms with van der Waals surface area (Å²) in [5.74, 6) is -0.120. The van der Waals surface area contributed by atoms with Gasteiger partial charge in [-0.1, -0.05) is 60.7 Å². The number of nitrogens with zero attached hydrogens (tertiary/aromatic N) is 1. The van der Waals surface area contributed by atoms with Crippen molar-refractivity contribution in [2.75, 3.05) is 26.2 Å². The van der Waals surface area contributed by atoms with E-state index in [1.54, 1.807) is 0 Å². The van der Waals surface area contributed by atoms with Crippen LogP contribution in [0.15, 0.2) is 65.7 Å². The first kappa shape index (κ1) is 18.3. The molecule has 0 aliphatic carbocycles. The van der Waals surface area contributed by atoms with E-state index in [1.165, 1.54) is 0 Å². The Morgan fingerprint density at radius 1 is 1.00 bits per heavy atom. The Morgan fingerprint density at radius 3 is 2.04 bits per heavy atom. The minimum atomic E-state index is -0.532. The summed E-state index contributed by atoms with van der Waals surface area (Å²) in [6.45, 7) is 4.35. The molecular weight excluding hydrogens is 324 g/mol. The van der Waals surface area contributed by atoms with Gasteiger partial charge in [0.1, 0.15) is 0 Å². The molecule has 1 heterocycles. The fraction of sp³-hybridized carbons (Fsp3) is 0.364. The maximum absolute atomic E-state index is 12.7. The highest BCUT2D eigenvalue weighted by Gasteiger charge is 2.41. The Hall–Kier alpha value is -2.46. The number of hydrogen-bond acceptors (Lipinski definition) is 4. The Kier molecular flexibility index (Phi) is 6.18. The Labute approximate surface area is 155 Å². The number of ether oxygens (including phenoxy) is 1. The lowest BCUT2D eigenvalue weighted by Crippen LogP contribution is -2.45. The molecule has 0 saturated carbocycles. The van der Waals surface area contributed by atoms with Gasteiger partial charge in [-0.3, -0.25) is 9.79 Å². The van der Waals surface area contributed by atoms with Crippen LogP contribution in [0.1, 0.15) is 30.9 Å². The molecule has 0 unspecified atom stereocenters. The molecule has 2 aromatic rings. The minimum Gasteiger partial charge on any atom is -0.466 e. The number of rotatable bonds is 6. The summed E-state index contributed by atoms with van der Waals surface area (Å²) in [5.41, 5.74) is 2.52. The largest absolute Gasteiger partial charge is 0.466 e. The third kappa shape index (κ3) is 4.20. The monoisotopic (exact) mass is 350 g/mol. The third-order valence-corrected chi connectivity index (χ3v) is 4.90. The van der Waals surface area contributed by atoms with Gasteiger partial charge in [-0.2, -0.15) is 0 Å². The topological polar surface area (TPSA) is 50.7 Å². The summed E-state index contributed by atoms with van der Waals surface area (Å²) in [5, 5.41) is 3.33. The number of esters is 1. The molecule has 4 heteroatoms. The van der Waals surface area contributed by atoms with Gasteiger partial charge in [0, 0.05) is 11.1 Å². The lowest BCUT2D eigenvalue weighted by Gasteiger charge is -2.34. The van der Waals surface area contributed by atoms with Crippen molar-refractivity contribution in [2.24, 2.45) is 10.4 Å². The molecule has 3 rings (SSSR count). The van der Waals surface area contributed by atoms with Crippen molar-refractivity contribution in [1.82, 2.24) is 5.32 Å². The van der Waals surface area contributed by atoms with E-state index in [1.807, 2.05) is 43.3 Å². The second-order valence-corrected chi connectivity index (χ2v) is 6.65. The van der Waals surface area contributed by atoms with Crippen molar-refractivity contribution in [2.45, 2.75) is 19.8 Å². The zero-order chi connectivity index (χ0) is 18.2. The summed E-state index contributed by atoms with van der Waals surface area (Å²) in [6, 6.07) is 20.3. The second kappa shape index (κ2) is 8.77. The fourth-order valence-corrected chi connectivity index (χ4v) is 3.39. The van der Waals surface area contributed by atoms with Crippen molar-refractivity contribution >= 4 is 11.7 Å². The Morgan fingerprint density at radius 2 is 1.54 bits per heavy atom. The highest BCUT2D eigenvalue weighted by Crippen LogP contribution is 2.31. The van der Waals surface area contributed by atoms with Gasteiger partial charge in [0.15, 0.2) is 0 Å². The molecule has 0 radical (unpaired) electrons. The molecule has 4 nitrogen and oxygen atoms in total. The van der Waals surface area contributed by atoms with Gasteiger partial charge >= 0.3 is 5.97 Å². The number of piperidine rings is 1. The van der Waals surface area contributed by atoms with Gasteiger partial charge in [0.25, 0.3) is 0 Å². The molecule has 0 atom stereocenters. The second-order valence-electron chi connectivity index (χ2n) is 6.65. The standard InChI is InChI=1S/C22H26N2O2/c1-2-26-21(25)22(13-15-23-16-14-22)17-24-20(18-9-5-3-6-10-18)19-11-7-4-8-12-19/h3-12,23H,2,13-17H2,1H3. The highest BCUT2D eigenvalue weighted by atomic mass is 16.5. The molecule has 1 fully saturated rings. The zero-order valence-corrected chi connectivity index (χ0v) is 15.3. The van der Waals surface area contributed by atoms with Crippen LogP contribution in [0.4, 0.5) is 0 Å². The Bertz CT molecular complexity index is 694. The van der Waals surface area contributed by atoms with Gasteiger partial charge in [-0.15, -0.1) is 0 Å². The number of carbonyl (C=O) groups excluding carboxylic acids is 1. The molecule has 26 heavy (non-hydrogen) atoms. The molecule has 1 N–H and O–H groups in total. The van der Waals surface area contributed by atoms with Crippen LogP contribution < -0.4 is 5.32 Å². The molecule has 0 bridgehead atoms. The van der Waals surface area contributed by atoms with Crippen molar-refractivity contribution in [3.63, 3.8) is 0 Å². The minimum absolute atomic E-state index is 0.120. The molecule has 0 amide bonds. The molecule has 2 aromatic carbocycles. The van der Waals surface area contributed by atoms with Gasteiger partial charge in [0.05, 0.1) is 24.3 Å². The van der Waals surface area contributed by atoms with E-state index in [0.29, 0.717) is 13.2 Å². The number of benzene rings is 2. The lowest BCUT2D eigenvalue weighted by molar-refractivity contribution is -0.156. The predicted octanol–water partition coefficient (Wildman–Crippen LogP) is 3.46. The van der Waals surface area contributed by atoms with Gasteiger partial charge < -0.3 is 10.1 Å². The van der Waals surface area contributed by atoms with Crippen LogP contribution in [0, 0.1) is 5.41 Å². The molecule has 1 aliphatic heterocycles. The lowest BCUT2D eigenvalue weighted by atomic mass is 9.79. The SMILES string of the molecule is CCOC(=O)C1(CN=C(c2ccccc2)c2ccccc2)CCNCC1. The van der Waals surface area contributed by atoms with E-state index in [0.717, 1.165) is 42.8 Å². The van der Waals surface area contributed by atoms with Crippen molar-refractivity contribution < 1.29 is 9.53 Å². The van der Waals surface area contributed by atoms with Crippen LogP contribution >= 0.6 is 0 Å². The maximum Gasteiger partial charge on any atom is 0.314 e. The molecule has 0 aromatic heterocycles. The number of nitrogens with one attached hydrogen (secondary N) is 1. The first-order valence-corrected chi connectivity index (χ1v) is 9.28. The first-order chi connectivity index (χ1) is 12.7. The first-order valence-electron chi connectivity index (χ1n) is 9.28. The van der Waals surface area contributed by atoms with Gasteiger partial charge in [-0.05, 0) is 32.9 Å². The van der Waals surface area contributed by atoms with Crippen molar-refractivity contribution in [3.8, 4) is 0 Å². The van der Waals surface area contributed by atoms with E-state index in [9.17, 15) is 4.79 Å².